The summed E-state index contributed by atoms with van der Waals surface area (Å²) in [5, 5.41) is 2.96. The molecule has 0 spiro atoms. The number of benzene rings is 1. The molecule has 5 heteroatoms. The van der Waals surface area contributed by atoms with E-state index in [4.69, 9.17) is 4.74 Å². The second-order valence-corrected chi connectivity index (χ2v) is 6.99. The Hall–Kier alpha value is -2.04. The molecule has 1 saturated carbocycles. The molecule has 2 amide bonds. The van der Waals surface area contributed by atoms with Gasteiger partial charge in [0.05, 0.1) is 0 Å². The molecule has 1 saturated heterocycles. The number of ether oxygens (including phenoxy) is 1. The SMILES string of the molecule is CC1CCCC(C)N1C(=O)COc1cccc(C(=O)NC2CC2)c1. The average molecular weight is 330 g/mol. The largest absolute Gasteiger partial charge is 0.484 e. The Bertz CT molecular complexity index is 602. The smallest absolute Gasteiger partial charge is 0.260 e. The first-order valence-corrected chi connectivity index (χ1v) is 8.89. The van der Waals surface area contributed by atoms with Gasteiger partial charge in [-0.15, -0.1) is 0 Å². The van der Waals surface area contributed by atoms with E-state index in [1.807, 2.05) is 4.90 Å². The number of carbonyl (C=O) groups is 2. The van der Waals surface area contributed by atoms with Gasteiger partial charge in [0.2, 0.25) is 0 Å². The maximum absolute atomic E-state index is 12.5. The molecule has 2 fully saturated rings. The van der Waals surface area contributed by atoms with Crippen molar-refractivity contribution >= 4 is 11.8 Å². The lowest BCUT2D eigenvalue weighted by atomic mass is 9.97. The van der Waals surface area contributed by atoms with Crippen LogP contribution in [0.5, 0.6) is 5.75 Å². The van der Waals surface area contributed by atoms with Crippen molar-refractivity contribution in [2.75, 3.05) is 6.61 Å². The number of hydrogen-bond acceptors (Lipinski definition) is 3. The fourth-order valence-corrected chi connectivity index (χ4v) is 3.36. The first-order chi connectivity index (χ1) is 11.5. The zero-order valence-corrected chi connectivity index (χ0v) is 14.5. The average Bonchev–Trinajstić information content (AvgIpc) is 3.37. The number of hydrogen-bond donors (Lipinski definition) is 1. The summed E-state index contributed by atoms with van der Waals surface area (Å²) in [5.74, 6) is 0.499. The van der Waals surface area contributed by atoms with Crippen LogP contribution in [0.15, 0.2) is 24.3 Å². The summed E-state index contributed by atoms with van der Waals surface area (Å²) in [7, 11) is 0. The van der Waals surface area contributed by atoms with Gasteiger partial charge in [0.25, 0.3) is 11.8 Å². The quantitative estimate of drug-likeness (QED) is 0.903. The summed E-state index contributed by atoms with van der Waals surface area (Å²) < 4.78 is 5.66. The summed E-state index contributed by atoms with van der Waals surface area (Å²) in [6.07, 6.45) is 5.39. The van der Waals surface area contributed by atoms with Crippen LogP contribution in [0.1, 0.15) is 56.3 Å². The Morgan fingerprint density at radius 2 is 1.88 bits per heavy atom. The van der Waals surface area contributed by atoms with E-state index < -0.39 is 0 Å². The molecule has 130 valence electrons. The van der Waals surface area contributed by atoms with Crippen LogP contribution in [-0.4, -0.2) is 41.4 Å². The fourth-order valence-electron chi connectivity index (χ4n) is 3.36. The van der Waals surface area contributed by atoms with Crippen LogP contribution >= 0.6 is 0 Å². The highest BCUT2D eigenvalue weighted by Crippen LogP contribution is 2.23. The Morgan fingerprint density at radius 1 is 1.17 bits per heavy atom. The van der Waals surface area contributed by atoms with Gasteiger partial charge in [-0.2, -0.15) is 0 Å². The Morgan fingerprint density at radius 3 is 2.54 bits per heavy atom. The maximum atomic E-state index is 12.5. The van der Waals surface area contributed by atoms with Gasteiger partial charge in [-0.25, -0.2) is 0 Å². The van der Waals surface area contributed by atoms with E-state index in [0.717, 1.165) is 25.7 Å². The predicted molar refractivity (Wildman–Crippen MR) is 92.0 cm³/mol. The molecule has 0 aromatic heterocycles. The Balaban J connectivity index is 1.57. The zero-order valence-electron chi connectivity index (χ0n) is 14.5. The number of carbonyl (C=O) groups excluding carboxylic acids is 2. The molecule has 1 heterocycles. The Labute approximate surface area is 143 Å². The highest BCUT2D eigenvalue weighted by Gasteiger charge is 2.29. The number of piperidine rings is 1. The van der Waals surface area contributed by atoms with E-state index in [-0.39, 0.29) is 30.5 Å². The summed E-state index contributed by atoms with van der Waals surface area (Å²) in [5.41, 5.74) is 0.576. The van der Waals surface area contributed by atoms with E-state index in [0.29, 0.717) is 17.4 Å². The van der Waals surface area contributed by atoms with E-state index in [1.165, 1.54) is 6.42 Å². The molecule has 0 bridgehead atoms. The van der Waals surface area contributed by atoms with Crippen molar-refractivity contribution < 1.29 is 14.3 Å². The number of amides is 2. The predicted octanol–water partition coefficient (Wildman–Crippen LogP) is 2.75. The van der Waals surface area contributed by atoms with E-state index in [2.05, 4.69) is 19.2 Å². The second kappa shape index (κ2) is 7.24. The number of nitrogens with zero attached hydrogens (tertiary/aromatic N) is 1. The molecule has 1 aromatic carbocycles. The minimum absolute atomic E-state index is 0.0162. The first-order valence-electron chi connectivity index (χ1n) is 8.89. The van der Waals surface area contributed by atoms with Crippen molar-refractivity contribution in [1.29, 1.82) is 0 Å². The van der Waals surface area contributed by atoms with Crippen LogP contribution in [0, 0.1) is 0 Å². The normalized spacial score (nSPS) is 23.7. The van der Waals surface area contributed by atoms with Gasteiger partial charge < -0.3 is 15.0 Å². The molecule has 2 aliphatic rings. The maximum Gasteiger partial charge on any atom is 0.260 e. The molecule has 2 atom stereocenters. The highest BCUT2D eigenvalue weighted by molar-refractivity contribution is 5.95. The lowest BCUT2D eigenvalue weighted by Gasteiger charge is -2.38. The molecule has 24 heavy (non-hydrogen) atoms. The molecule has 1 aromatic rings. The standard InChI is InChI=1S/C19H26N2O3/c1-13-5-3-6-14(2)21(13)18(22)12-24-17-8-4-7-15(11-17)19(23)20-16-9-10-16/h4,7-8,11,13-14,16H,3,5-6,9-10,12H2,1-2H3,(H,20,23). The lowest BCUT2D eigenvalue weighted by Crippen LogP contribution is -2.49. The summed E-state index contributed by atoms with van der Waals surface area (Å²) in [6, 6.07) is 7.89. The summed E-state index contributed by atoms with van der Waals surface area (Å²) in [4.78, 5) is 26.5. The van der Waals surface area contributed by atoms with Crippen LogP contribution in [0.25, 0.3) is 0 Å². The van der Waals surface area contributed by atoms with Gasteiger partial charge in [0.1, 0.15) is 5.75 Å². The van der Waals surface area contributed by atoms with Crippen molar-refractivity contribution in [1.82, 2.24) is 10.2 Å². The second-order valence-electron chi connectivity index (χ2n) is 6.99. The molecule has 5 nitrogen and oxygen atoms in total. The number of rotatable bonds is 5. The van der Waals surface area contributed by atoms with Crippen molar-refractivity contribution in [3.8, 4) is 5.75 Å². The number of nitrogens with one attached hydrogen (secondary N) is 1. The van der Waals surface area contributed by atoms with Gasteiger partial charge >= 0.3 is 0 Å². The van der Waals surface area contributed by atoms with Crippen LogP contribution < -0.4 is 10.1 Å². The molecule has 0 radical (unpaired) electrons. The summed E-state index contributed by atoms with van der Waals surface area (Å²) >= 11 is 0. The van der Waals surface area contributed by atoms with Gasteiger partial charge in [-0.1, -0.05) is 6.07 Å². The van der Waals surface area contributed by atoms with Crippen LogP contribution in [-0.2, 0) is 4.79 Å². The van der Waals surface area contributed by atoms with Crippen LogP contribution in [0.3, 0.4) is 0 Å². The number of likely N-dealkylation sites (tertiary alicyclic amines) is 1. The van der Waals surface area contributed by atoms with Crippen molar-refractivity contribution in [3.63, 3.8) is 0 Å². The van der Waals surface area contributed by atoms with E-state index in [9.17, 15) is 9.59 Å². The van der Waals surface area contributed by atoms with E-state index in [1.54, 1.807) is 24.3 Å². The lowest BCUT2D eigenvalue weighted by molar-refractivity contribution is -0.139. The van der Waals surface area contributed by atoms with E-state index >= 15 is 0 Å². The highest BCUT2D eigenvalue weighted by atomic mass is 16.5. The molecule has 2 unspecified atom stereocenters. The van der Waals surface area contributed by atoms with Gasteiger partial charge in [-0.3, -0.25) is 9.59 Å². The molecule has 1 aliphatic heterocycles. The summed E-state index contributed by atoms with van der Waals surface area (Å²) in [6.45, 7) is 4.20. The topological polar surface area (TPSA) is 58.6 Å². The third kappa shape index (κ3) is 4.08. The molecule has 3 rings (SSSR count). The third-order valence-electron chi connectivity index (χ3n) is 4.85. The molecule has 1 aliphatic carbocycles. The molecular formula is C19H26N2O3. The van der Waals surface area contributed by atoms with Crippen molar-refractivity contribution in [3.05, 3.63) is 29.8 Å². The van der Waals surface area contributed by atoms with Crippen LogP contribution in [0.2, 0.25) is 0 Å². The van der Waals surface area contributed by atoms with Gasteiger partial charge in [0.15, 0.2) is 6.61 Å². The van der Waals surface area contributed by atoms with Gasteiger partial charge in [-0.05, 0) is 64.2 Å². The minimum Gasteiger partial charge on any atom is -0.484 e. The molecular weight excluding hydrogens is 304 g/mol. The van der Waals surface area contributed by atoms with Crippen molar-refractivity contribution in [2.24, 2.45) is 0 Å². The first kappa shape index (κ1) is 16.8. The van der Waals surface area contributed by atoms with Gasteiger partial charge in [0, 0.05) is 23.7 Å². The third-order valence-corrected chi connectivity index (χ3v) is 4.85. The molecule has 1 N–H and O–H groups in total. The van der Waals surface area contributed by atoms with Crippen molar-refractivity contribution in [2.45, 2.75) is 64.1 Å². The Kier molecular flexibility index (Phi) is 5.07. The van der Waals surface area contributed by atoms with Crippen LogP contribution in [0.4, 0.5) is 0 Å². The minimum atomic E-state index is -0.0763. The fraction of sp³-hybridized carbons (Fsp3) is 0.579. The monoisotopic (exact) mass is 330 g/mol. The zero-order chi connectivity index (χ0) is 17.1.